The van der Waals surface area contributed by atoms with Crippen LogP contribution in [0.1, 0.15) is 31.5 Å². The number of carbonyl (C=O) groups is 1. The molecule has 0 aliphatic carbocycles. The number of rotatable bonds is 3. The molecule has 2 atom stereocenters. The molecule has 3 heterocycles. The van der Waals surface area contributed by atoms with Crippen LogP contribution in [0.15, 0.2) is 17.1 Å². The first-order valence-electron chi connectivity index (χ1n) is 7.62. The van der Waals surface area contributed by atoms with E-state index >= 15 is 0 Å². The largest absolute Gasteiger partial charge is 0.425 e. The van der Waals surface area contributed by atoms with Gasteiger partial charge in [0.2, 0.25) is 11.8 Å². The summed E-state index contributed by atoms with van der Waals surface area (Å²) >= 11 is 0. The molecule has 120 valence electrons. The number of aromatic nitrogens is 2. The molecule has 1 aromatic heterocycles. The zero-order valence-corrected chi connectivity index (χ0v) is 13.0. The number of hydrogen-bond acceptors (Lipinski definition) is 5. The Hall–Kier alpha value is -1.89. The SMILES string of the molecule is C=C[C@@H]1OCCC[C@H]1NC(=O)N1CC(C)(c2nnc(C)o2)C1. The lowest BCUT2D eigenvalue weighted by molar-refractivity contribution is 0.0181. The first-order valence-corrected chi connectivity index (χ1v) is 7.62. The molecule has 0 radical (unpaired) electrons. The summed E-state index contributed by atoms with van der Waals surface area (Å²) in [7, 11) is 0. The fraction of sp³-hybridized carbons (Fsp3) is 0.667. The van der Waals surface area contributed by atoms with E-state index in [1.807, 2.05) is 6.92 Å². The summed E-state index contributed by atoms with van der Waals surface area (Å²) in [4.78, 5) is 14.1. The summed E-state index contributed by atoms with van der Waals surface area (Å²) in [6, 6.07) is -0.0766. The Bertz CT molecular complexity index is 565. The van der Waals surface area contributed by atoms with Crippen LogP contribution in [-0.4, -0.2) is 53.0 Å². The van der Waals surface area contributed by atoms with Crippen molar-refractivity contribution < 1.29 is 13.9 Å². The van der Waals surface area contributed by atoms with Gasteiger partial charge in [0.15, 0.2) is 0 Å². The minimum absolute atomic E-state index is 0.00347. The molecule has 7 nitrogen and oxygen atoms in total. The molecule has 2 amide bonds. The molecule has 2 aliphatic heterocycles. The predicted octanol–water partition coefficient (Wildman–Crippen LogP) is 1.39. The van der Waals surface area contributed by atoms with E-state index in [0.717, 1.165) is 19.4 Å². The lowest BCUT2D eigenvalue weighted by Crippen LogP contribution is -2.63. The van der Waals surface area contributed by atoms with E-state index in [4.69, 9.17) is 9.15 Å². The third kappa shape index (κ3) is 2.72. The van der Waals surface area contributed by atoms with Crippen molar-refractivity contribution in [2.75, 3.05) is 19.7 Å². The van der Waals surface area contributed by atoms with Gasteiger partial charge in [0.25, 0.3) is 0 Å². The molecule has 1 N–H and O–H groups in total. The smallest absolute Gasteiger partial charge is 0.317 e. The third-order valence-corrected chi connectivity index (χ3v) is 4.32. The molecular formula is C15H22N4O3. The van der Waals surface area contributed by atoms with Crippen LogP contribution in [0, 0.1) is 6.92 Å². The number of nitrogens with zero attached hydrogens (tertiary/aromatic N) is 3. The van der Waals surface area contributed by atoms with Crippen molar-refractivity contribution in [3.8, 4) is 0 Å². The highest BCUT2D eigenvalue weighted by atomic mass is 16.5. The van der Waals surface area contributed by atoms with Gasteiger partial charge in [-0.2, -0.15) is 0 Å². The van der Waals surface area contributed by atoms with Crippen molar-refractivity contribution in [3.63, 3.8) is 0 Å². The molecule has 0 aromatic carbocycles. The third-order valence-electron chi connectivity index (χ3n) is 4.32. The van der Waals surface area contributed by atoms with Crippen LogP contribution < -0.4 is 5.32 Å². The van der Waals surface area contributed by atoms with Gasteiger partial charge in [0.05, 0.1) is 17.6 Å². The van der Waals surface area contributed by atoms with Gasteiger partial charge in [-0.25, -0.2) is 4.79 Å². The highest BCUT2D eigenvalue weighted by molar-refractivity contribution is 5.76. The first kappa shape index (κ1) is 15.0. The normalized spacial score (nSPS) is 27.1. The summed E-state index contributed by atoms with van der Waals surface area (Å²) in [5.41, 5.74) is -0.250. The van der Waals surface area contributed by atoms with E-state index in [0.29, 0.717) is 24.9 Å². The summed E-state index contributed by atoms with van der Waals surface area (Å²) in [6.07, 6.45) is 3.51. The second-order valence-electron chi connectivity index (χ2n) is 6.31. The van der Waals surface area contributed by atoms with Crippen LogP contribution in [0.3, 0.4) is 0 Å². The maximum absolute atomic E-state index is 12.3. The fourth-order valence-corrected chi connectivity index (χ4v) is 3.06. The number of likely N-dealkylation sites (tertiary alicyclic amines) is 1. The molecule has 1 aromatic rings. The summed E-state index contributed by atoms with van der Waals surface area (Å²) in [5, 5.41) is 11.0. The Morgan fingerprint density at radius 2 is 2.27 bits per heavy atom. The lowest BCUT2D eigenvalue weighted by atomic mass is 9.82. The minimum atomic E-state index is -0.250. The molecule has 0 unspecified atom stereocenters. The molecule has 7 heteroatoms. The molecule has 2 saturated heterocycles. The van der Waals surface area contributed by atoms with Gasteiger partial charge in [0, 0.05) is 26.6 Å². The van der Waals surface area contributed by atoms with Crippen molar-refractivity contribution in [1.29, 1.82) is 0 Å². The number of nitrogens with one attached hydrogen (secondary N) is 1. The highest BCUT2D eigenvalue weighted by Gasteiger charge is 2.47. The summed E-state index contributed by atoms with van der Waals surface area (Å²) in [6.45, 7) is 9.44. The number of ether oxygens (including phenoxy) is 1. The second kappa shape index (κ2) is 5.72. The Balaban J connectivity index is 1.56. The summed E-state index contributed by atoms with van der Waals surface area (Å²) in [5.74, 6) is 1.14. The Morgan fingerprint density at radius 3 is 2.91 bits per heavy atom. The van der Waals surface area contributed by atoms with Crippen LogP contribution in [0.2, 0.25) is 0 Å². The molecule has 2 fully saturated rings. The molecule has 2 aliphatic rings. The minimum Gasteiger partial charge on any atom is -0.425 e. The van der Waals surface area contributed by atoms with Crippen molar-refractivity contribution >= 4 is 6.03 Å². The van der Waals surface area contributed by atoms with E-state index in [1.54, 1.807) is 17.9 Å². The van der Waals surface area contributed by atoms with E-state index < -0.39 is 0 Å². The Morgan fingerprint density at radius 1 is 1.50 bits per heavy atom. The van der Waals surface area contributed by atoms with Gasteiger partial charge in [-0.3, -0.25) is 0 Å². The number of amides is 2. The van der Waals surface area contributed by atoms with Gasteiger partial charge >= 0.3 is 6.03 Å². The van der Waals surface area contributed by atoms with Crippen LogP contribution in [0.25, 0.3) is 0 Å². The number of hydrogen-bond donors (Lipinski definition) is 1. The molecular weight excluding hydrogens is 284 g/mol. The standard InChI is InChI=1S/C15H22N4O3/c1-4-12-11(6-5-7-21-12)16-14(20)19-8-15(3,9-19)13-18-17-10(2)22-13/h4,11-12H,1,5-9H2,2-3H3,(H,16,20)/t11-,12+/m1/s1. The predicted molar refractivity (Wildman–Crippen MR) is 79.5 cm³/mol. The topological polar surface area (TPSA) is 80.5 Å². The summed E-state index contributed by atoms with van der Waals surface area (Å²) < 4.78 is 11.1. The molecule has 0 bridgehead atoms. The zero-order chi connectivity index (χ0) is 15.7. The van der Waals surface area contributed by atoms with Gasteiger partial charge in [-0.05, 0) is 19.8 Å². The van der Waals surface area contributed by atoms with E-state index in [-0.39, 0.29) is 23.6 Å². The molecule has 0 saturated carbocycles. The van der Waals surface area contributed by atoms with Crippen LogP contribution >= 0.6 is 0 Å². The van der Waals surface area contributed by atoms with Crippen molar-refractivity contribution in [3.05, 3.63) is 24.4 Å². The fourth-order valence-electron chi connectivity index (χ4n) is 3.06. The maximum atomic E-state index is 12.3. The number of urea groups is 1. The van der Waals surface area contributed by atoms with Gasteiger partial charge in [-0.1, -0.05) is 6.08 Å². The van der Waals surface area contributed by atoms with Crippen molar-refractivity contribution in [2.24, 2.45) is 0 Å². The monoisotopic (exact) mass is 306 g/mol. The maximum Gasteiger partial charge on any atom is 0.317 e. The van der Waals surface area contributed by atoms with E-state index in [1.165, 1.54) is 0 Å². The first-order chi connectivity index (χ1) is 10.5. The highest BCUT2D eigenvalue weighted by Crippen LogP contribution is 2.33. The Labute approximate surface area is 129 Å². The molecule has 0 spiro atoms. The van der Waals surface area contributed by atoms with Gasteiger partial charge in [-0.15, -0.1) is 16.8 Å². The zero-order valence-electron chi connectivity index (χ0n) is 13.0. The van der Waals surface area contributed by atoms with E-state index in [9.17, 15) is 4.79 Å². The molecule has 3 rings (SSSR count). The average molecular weight is 306 g/mol. The van der Waals surface area contributed by atoms with Crippen LogP contribution in [0.5, 0.6) is 0 Å². The quantitative estimate of drug-likeness (QED) is 0.854. The Kier molecular flexibility index (Phi) is 3.90. The van der Waals surface area contributed by atoms with E-state index in [2.05, 4.69) is 22.1 Å². The van der Waals surface area contributed by atoms with Gasteiger partial charge < -0.3 is 19.4 Å². The van der Waals surface area contributed by atoms with Crippen LogP contribution in [-0.2, 0) is 10.2 Å². The number of aryl methyl sites for hydroxylation is 1. The van der Waals surface area contributed by atoms with Crippen molar-refractivity contribution in [2.45, 2.75) is 44.2 Å². The number of carbonyl (C=O) groups excluding carboxylic acids is 1. The molecule has 22 heavy (non-hydrogen) atoms. The lowest BCUT2D eigenvalue weighted by Gasteiger charge is -2.46. The van der Waals surface area contributed by atoms with Gasteiger partial charge in [0.1, 0.15) is 0 Å². The second-order valence-corrected chi connectivity index (χ2v) is 6.31. The van der Waals surface area contributed by atoms with Crippen LogP contribution in [0.4, 0.5) is 4.79 Å². The van der Waals surface area contributed by atoms with Crippen molar-refractivity contribution in [1.82, 2.24) is 20.4 Å². The average Bonchev–Trinajstić information content (AvgIpc) is 2.91.